The lowest BCUT2D eigenvalue weighted by Gasteiger charge is -2.35. The van der Waals surface area contributed by atoms with Crippen molar-refractivity contribution in [2.75, 3.05) is 52.9 Å². The Morgan fingerprint density at radius 2 is 1.76 bits per heavy atom. The molecule has 1 atom stereocenters. The SMILES string of the molecule is CCN(CC(=O)N1CCN(S(=O)(=O)c2ccc(Cl)cc2)CC1)CC(C)C(=O)OC. The van der Waals surface area contributed by atoms with Gasteiger partial charge in [-0.3, -0.25) is 14.5 Å². The molecule has 10 heteroatoms. The number of methoxy groups -OCH3 is 1. The van der Waals surface area contributed by atoms with E-state index in [1.807, 2.05) is 11.8 Å². The molecule has 1 saturated heterocycles. The smallest absolute Gasteiger partial charge is 0.309 e. The van der Waals surface area contributed by atoms with Crippen molar-refractivity contribution in [2.45, 2.75) is 18.7 Å². The number of rotatable bonds is 8. The van der Waals surface area contributed by atoms with Crippen LogP contribution in [0.25, 0.3) is 0 Å². The maximum atomic E-state index is 12.7. The van der Waals surface area contributed by atoms with Gasteiger partial charge in [0.1, 0.15) is 0 Å². The lowest BCUT2D eigenvalue weighted by atomic mass is 10.1. The topological polar surface area (TPSA) is 87.2 Å². The fraction of sp³-hybridized carbons (Fsp3) is 0.579. The second-order valence-electron chi connectivity index (χ2n) is 6.99. The van der Waals surface area contributed by atoms with E-state index in [-0.39, 0.29) is 42.3 Å². The Labute approximate surface area is 177 Å². The van der Waals surface area contributed by atoms with Crippen LogP contribution in [0.5, 0.6) is 0 Å². The first-order valence-electron chi connectivity index (χ1n) is 9.52. The molecule has 1 aliphatic rings. The number of esters is 1. The van der Waals surface area contributed by atoms with Crippen molar-refractivity contribution < 1.29 is 22.7 Å². The Bertz CT molecular complexity index is 808. The summed E-state index contributed by atoms with van der Waals surface area (Å²) < 4.78 is 31.6. The summed E-state index contributed by atoms with van der Waals surface area (Å²) in [4.78, 5) is 28.0. The molecule has 0 aliphatic carbocycles. The van der Waals surface area contributed by atoms with Gasteiger partial charge in [-0.15, -0.1) is 0 Å². The van der Waals surface area contributed by atoms with Gasteiger partial charge in [0.2, 0.25) is 15.9 Å². The molecule has 1 heterocycles. The highest BCUT2D eigenvalue weighted by Gasteiger charge is 2.30. The Kier molecular flexibility index (Phi) is 8.45. The molecular weight excluding hydrogens is 418 g/mol. The van der Waals surface area contributed by atoms with Crippen molar-refractivity contribution in [1.82, 2.24) is 14.1 Å². The molecule has 1 amide bonds. The normalized spacial score (nSPS) is 16.7. The van der Waals surface area contributed by atoms with E-state index in [0.717, 1.165) is 0 Å². The van der Waals surface area contributed by atoms with Crippen LogP contribution in [0.2, 0.25) is 5.02 Å². The largest absolute Gasteiger partial charge is 0.469 e. The van der Waals surface area contributed by atoms with E-state index in [0.29, 0.717) is 31.2 Å². The number of sulfonamides is 1. The lowest BCUT2D eigenvalue weighted by molar-refractivity contribution is -0.146. The molecule has 1 aromatic carbocycles. The van der Waals surface area contributed by atoms with Crippen LogP contribution < -0.4 is 0 Å². The second kappa shape index (κ2) is 10.4. The van der Waals surface area contributed by atoms with Gasteiger partial charge < -0.3 is 9.64 Å². The molecule has 0 N–H and O–H groups in total. The van der Waals surface area contributed by atoms with Crippen molar-refractivity contribution in [1.29, 1.82) is 0 Å². The Balaban J connectivity index is 1.91. The van der Waals surface area contributed by atoms with Gasteiger partial charge in [0.15, 0.2) is 0 Å². The first-order chi connectivity index (χ1) is 13.7. The maximum absolute atomic E-state index is 12.7. The number of hydrogen-bond donors (Lipinski definition) is 0. The number of benzene rings is 1. The van der Waals surface area contributed by atoms with E-state index in [1.165, 1.54) is 23.5 Å². The lowest BCUT2D eigenvalue weighted by Crippen LogP contribution is -2.52. The highest BCUT2D eigenvalue weighted by molar-refractivity contribution is 7.89. The standard InChI is InChI=1S/C19H28ClN3O5S/c1-4-21(13-15(2)19(25)28-3)14-18(24)22-9-11-23(12-10-22)29(26,27)17-7-5-16(20)6-8-17/h5-8,15H,4,9-14H2,1-3H3. The van der Waals surface area contributed by atoms with E-state index >= 15 is 0 Å². The summed E-state index contributed by atoms with van der Waals surface area (Å²) in [5.41, 5.74) is 0. The third kappa shape index (κ3) is 6.15. The number of hydrogen-bond acceptors (Lipinski definition) is 6. The van der Waals surface area contributed by atoms with Gasteiger partial charge in [-0.05, 0) is 30.8 Å². The summed E-state index contributed by atoms with van der Waals surface area (Å²) in [6.07, 6.45) is 0. The summed E-state index contributed by atoms with van der Waals surface area (Å²) in [5.74, 6) is -0.710. The molecule has 1 fully saturated rings. The van der Waals surface area contributed by atoms with Crippen molar-refractivity contribution in [3.8, 4) is 0 Å². The summed E-state index contributed by atoms with van der Waals surface area (Å²) in [6, 6.07) is 6.05. The second-order valence-corrected chi connectivity index (χ2v) is 9.37. The molecule has 1 aromatic rings. The summed E-state index contributed by atoms with van der Waals surface area (Å²) in [5, 5.41) is 0.473. The molecule has 2 rings (SSSR count). The van der Waals surface area contributed by atoms with E-state index in [4.69, 9.17) is 16.3 Å². The molecule has 0 spiro atoms. The monoisotopic (exact) mass is 445 g/mol. The predicted octanol–water partition coefficient (Wildman–Crippen LogP) is 1.30. The number of nitrogens with zero attached hydrogens (tertiary/aromatic N) is 3. The fourth-order valence-corrected chi connectivity index (χ4v) is 4.74. The zero-order valence-corrected chi connectivity index (χ0v) is 18.6. The van der Waals surface area contributed by atoms with E-state index < -0.39 is 10.0 Å². The minimum Gasteiger partial charge on any atom is -0.469 e. The number of carbonyl (C=O) groups is 2. The predicted molar refractivity (Wildman–Crippen MR) is 110 cm³/mol. The quantitative estimate of drug-likeness (QED) is 0.560. The number of halogens is 1. The number of ether oxygens (including phenoxy) is 1. The molecule has 8 nitrogen and oxygen atoms in total. The molecule has 0 aromatic heterocycles. The minimum absolute atomic E-state index is 0.0764. The molecule has 29 heavy (non-hydrogen) atoms. The van der Waals surface area contributed by atoms with Gasteiger partial charge in [-0.25, -0.2) is 8.42 Å². The molecule has 0 bridgehead atoms. The third-order valence-electron chi connectivity index (χ3n) is 4.98. The number of amides is 1. The first-order valence-corrected chi connectivity index (χ1v) is 11.3. The Morgan fingerprint density at radius 1 is 1.17 bits per heavy atom. The third-order valence-corrected chi connectivity index (χ3v) is 7.15. The fourth-order valence-electron chi connectivity index (χ4n) is 3.19. The highest BCUT2D eigenvalue weighted by Crippen LogP contribution is 2.20. The highest BCUT2D eigenvalue weighted by atomic mass is 35.5. The van der Waals surface area contributed by atoms with E-state index in [1.54, 1.807) is 24.0 Å². The molecule has 1 unspecified atom stereocenters. The molecule has 1 aliphatic heterocycles. The van der Waals surface area contributed by atoms with Crippen LogP contribution in [0.4, 0.5) is 0 Å². The zero-order chi connectivity index (χ0) is 21.6. The van der Waals surface area contributed by atoms with E-state index in [9.17, 15) is 18.0 Å². The molecule has 162 valence electrons. The van der Waals surface area contributed by atoms with Gasteiger partial charge >= 0.3 is 5.97 Å². The Hall–Kier alpha value is -1.68. The molecule has 0 saturated carbocycles. The van der Waals surface area contributed by atoms with Crippen molar-refractivity contribution >= 4 is 33.5 Å². The van der Waals surface area contributed by atoms with Gasteiger partial charge in [0.05, 0.1) is 24.5 Å². The van der Waals surface area contributed by atoms with Crippen molar-refractivity contribution in [3.63, 3.8) is 0 Å². The number of carbonyl (C=O) groups excluding carboxylic acids is 2. The zero-order valence-electron chi connectivity index (χ0n) is 17.0. The van der Waals surface area contributed by atoms with Crippen LogP contribution in [0.3, 0.4) is 0 Å². The number of likely N-dealkylation sites (N-methyl/N-ethyl adjacent to an activating group) is 1. The van der Waals surface area contributed by atoms with Crippen LogP contribution in [0.1, 0.15) is 13.8 Å². The van der Waals surface area contributed by atoms with E-state index in [2.05, 4.69) is 0 Å². The van der Waals surface area contributed by atoms with Gasteiger partial charge in [0, 0.05) is 37.7 Å². The van der Waals surface area contributed by atoms with Crippen molar-refractivity contribution in [2.24, 2.45) is 5.92 Å². The van der Waals surface area contributed by atoms with Crippen LogP contribution >= 0.6 is 11.6 Å². The first kappa shape index (κ1) is 23.6. The van der Waals surface area contributed by atoms with Crippen LogP contribution in [0.15, 0.2) is 29.2 Å². The number of piperazine rings is 1. The maximum Gasteiger partial charge on any atom is 0.309 e. The molecule has 0 radical (unpaired) electrons. The van der Waals surface area contributed by atoms with Gasteiger partial charge in [-0.1, -0.05) is 25.4 Å². The average molecular weight is 446 g/mol. The summed E-state index contributed by atoms with van der Waals surface area (Å²) in [7, 11) is -2.26. The van der Waals surface area contributed by atoms with Crippen LogP contribution in [0, 0.1) is 5.92 Å². The Morgan fingerprint density at radius 3 is 2.28 bits per heavy atom. The average Bonchev–Trinajstić information content (AvgIpc) is 2.72. The molecular formula is C19H28ClN3O5S. The summed E-state index contributed by atoms with van der Waals surface area (Å²) >= 11 is 5.83. The van der Waals surface area contributed by atoms with Crippen LogP contribution in [-0.4, -0.2) is 87.3 Å². The van der Waals surface area contributed by atoms with Gasteiger partial charge in [-0.2, -0.15) is 4.31 Å². The van der Waals surface area contributed by atoms with Crippen LogP contribution in [-0.2, 0) is 24.3 Å². The van der Waals surface area contributed by atoms with Crippen molar-refractivity contribution in [3.05, 3.63) is 29.3 Å². The summed E-state index contributed by atoms with van der Waals surface area (Å²) in [6.45, 7) is 6.06. The minimum atomic E-state index is -3.61. The van der Waals surface area contributed by atoms with Gasteiger partial charge in [0.25, 0.3) is 0 Å².